The van der Waals surface area contributed by atoms with Gasteiger partial charge in [0.1, 0.15) is 11.5 Å². The van der Waals surface area contributed by atoms with E-state index in [9.17, 15) is 18.0 Å². The molecule has 0 radical (unpaired) electrons. The third-order valence-corrected chi connectivity index (χ3v) is 5.53. The Morgan fingerprint density at radius 2 is 1.84 bits per heavy atom. The fourth-order valence-corrected chi connectivity index (χ4v) is 3.92. The van der Waals surface area contributed by atoms with Crippen molar-refractivity contribution in [3.05, 3.63) is 52.9 Å². The van der Waals surface area contributed by atoms with Crippen molar-refractivity contribution in [1.82, 2.24) is 24.8 Å². The van der Waals surface area contributed by atoms with Gasteiger partial charge in [-0.2, -0.15) is 13.2 Å². The maximum atomic E-state index is 13.3. The summed E-state index contributed by atoms with van der Waals surface area (Å²) < 4.78 is 49.3. The topological polar surface area (TPSA) is 116 Å². The van der Waals surface area contributed by atoms with Gasteiger partial charge in [-0.05, 0) is 11.6 Å². The van der Waals surface area contributed by atoms with Crippen LogP contribution in [0.25, 0.3) is 10.9 Å². The zero-order chi connectivity index (χ0) is 22.5. The molecule has 1 amide bonds. The summed E-state index contributed by atoms with van der Waals surface area (Å²) in [6.07, 6.45) is -1.03. The molecular weight excluding hydrogens is 429 g/mol. The van der Waals surface area contributed by atoms with Crippen molar-refractivity contribution in [2.75, 3.05) is 25.5 Å². The Labute approximate surface area is 179 Å². The van der Waals surface area contributed by atoms with E-state index < -0.39 is 18.0 Å². The minimum atomic E-state index is -4.65. The number of nitrogen functional groups attached to an aromatic ring is 1. The minimum absolute atomic E-state index is 0.107. The van der Waals surface area contributed by atoms with Crippen LogP contribution >= 0.6 is 0 Å². The minimum Gasteiger partial charge on any atom is -0.383 e. The maximum Gasteiger partial charge on any atom is 0.451 e. The van der Waals surface area contributed by atoms with Gasteiger partial charge in [-0.25, -0.2) is 19.9 Å². The van der Waals surface area contributed by atoms with Crippen molar-refractivity contribution in [3.8, 4) is 0 Å². The monoisotopic (exact) mass is 446 g/mol. The predicted molar refractivity (Wildman–Crippen MR) is 104 cm³/mol. The number of carbonyl (C=O) groups is 1. The fourth-order valence-electron chi connectivity index (χ4n) is 3.92. The first-order valence-corrected chi connectivity index (χ1v) is 9.75. The number of pyridine rings is 2. The molecule has 5 heterocycles. The molecule has 0 spiro atoms. The van der Waals surface area contributed by atoms with E-state index in [2.05, 4.69) is 19.9 Å². The summed E-state index contributed by atoms with van der Waals surface area (Å²) in [6, 6.07) is 1.00. The first-order valence-electron chi connectivity index (χ1n) is 9.75. The number of hydrogen-bond acceptors (Lipinski definition) is 8. The Kier molecular flexibility index (Phi) is 4.90. The van der Waals surface area contributed by atoms with Crippen molar-refractivity contribution < 1.29 is 27.4 Å². The zero-order valence-electron chi connectivity index (χ0n) is 16.6. The molecule has 0 aliphatic carbocycles. The molecule has 5 rings (SSSR count). The lowest BCUT2D eigenvalue weighted by molar-refractivity contribution is -0.145. The first kappa shape index (κ1) is 20.5. The van der Waals surface area contributed by atoms with Crippen LogP contribution in [0.3, 0.4) is 0 Å². The number of halogens is 3. The summed E-state index contributed by atoms with van der Waals surface area (Å²) in [7, 11) is 0. The highest BCUT2D eigenvalue weighted by Crippen LogP contribution is 2.32. The van der Waals surface area contributed by atoms with Crippen LogP contribution in [-0.4, -0.2) is 50.5 Å². The van der Waals surface area contributed by atoms with Gasteiger partial charge >= 0.3 is 6.18 Å². The molecule has 1 saturated heterocycles. The SMILES string of the molecule is Nc1nc2cnc(C(=O)N3CCOC[C@@H]3c3cnc(C(F)(F)F)nc3)cc2c2c1COC2. The van der Waals surface area contributed by atoms with Crippen molar-refractivity contribution in [1.29, 1.82) is 0 Å². The summed E-state index contributed by atoms with van der Waals surface area (Å²) >= 11 is 0. The van der Waals surface area contributed by atoms with E-state index in [1.54, 1.807) is 6.07 Å². The number of anilines is 1. The maximum absolute atomic E-state index is 13.3. The predicted octanol–water partition coefficient (Wildman–Crippen LogP) is 2.26. The van der Waals surface area contributed by atoms with Crippen LogP contribution < -0.4 is 5.73 Å². The van der Waals surface area contributed by atoms with Crippen LogP contribution in [0.4, 0.5) is 19.0 Å². The number of morpholine rings is 1. The molecule has 32 heavy (non-hydrogen) atoms. The Morgan fingerprint density at radius 1 is 1.09 bits per heavy atom. The second kappa shape index (κ2) is 7.64. The first-order chi connectivity index (χ1) is 15.3. The van der Waals surface area contributed by atoms with Gasteiger partial charge < -0.3 is 20.1 Å². The average Bonchev–Trinajstić information content (AvgIpc) is 3.29. The lowest BCUT2D eigenvalue weighted by Gasteiger charge is -2.35. The van der Waals surface area contributed by atoms with Gasteiger partial charge in [0.2, 0.25) is 5.82 Å². The smallest absolute Gasteiger partial charge is 0.383 e. The molecule has 2 N–H and O–H groups in total. The summed E-state index contributed by atoms with van der Waals surface area (Å²) in [5.41, 5.74) is 8.73. The molecular formula is C20H17F3N6O3. The third-order valence-electron chi connectivity index (χ3n) is 5.53. The van der Waals surface area contributed by atoms with Gasteiger partial charge in [0, 0.05) is 35.5 Å². The zero-order valence-corrected chi connectivity index (χ0v) is 16.6. The quantitative estimate of drug-likeness (QED) is 0.637. The number of hydrogen-bond donors (Lipinski definition) is 1. The lowest BCUT2D eigenvalue weighted by atomic mass is 10.0. The molecule has 1 fully saturated rings. The highest BCUT2D eigenvalue weighted by Gasteiger charge is 2.36. The van der Waals surface area contributed by atoms with Crippen LogP contribution in [0.1, 0.15) is 39.0 Å². The molecule has 3 aromatic rings. The number of fused-ring (bicyclic) bond motifs is 3. The van der Waals surface area contributed by atoms with Crippen molar-refractivity contribution in [2.24, 2.45) is 0 Å². The number of carbonyl (C=O) groups excluding carboxylic acids is 1. The molecule has 1 atom stereocenters. The molecule has 9 nitrogen and oxygen atoms in total. The van der Waals surface area contributed by atoms with Gasteiger partial charge in [0.25, 0.3) is 5.91 Å². The Bertz CT molecular complexity index is 1200. The number of nitrogens with zero attached hydrogens (tertiary/aromatic N) is 5. The van der Waals surface area contributed by atoms with Crippen LogP contribution in [-0.2, 0) is 28.9 Å². The van der Waals surface area contributed by atoms with Crippen molar-refractivity contribution >= 4 is 22.6 Å². The number of alkyl halides is 3. The summed E-state index contributed by atoms with van der Waals surface area (Å²) in [4.78, 5) is 30.2. The van der Waals surface area contributed by atoms with Gasteiger partial charge in [-0.15, -0.1) is 0 Å². The highest BCUT2D eigenvalue weighted by atomic mass is 19.4. The summed E-state index contributed by atoms with van der Waals surface area (Å²) in [6.45, 7) is 1.36. The van der Waals surface area contributed by atoms with E-state index in [4.69, 9.17) is 15.2 Å². The average molecular weight is 446 g/mol. The normalized spacial score (nSPS) is 18.7. The molecule has 2 aliphatic heterocycles. The second-order valence-corrected chi connectivity index (χ2v) is 7.46. The van der Waals surface area contributed by atoms with Gasteiger partial charge in [-0.3, -0.25) is 4.79 Å². The number of aromatic nitrogens is 4. The van der Waals surface area contributed by atoms with E-state index in [0.717, 1.165) is 28.9 Å². The standard InChI is InChI=1S/C20H17F3N6O3/c21-20(22,23)19-26-4-10(5-27-19)16-9-31-2-1-29(16)18(30)14-3-11-12-7-32-8-13(12)17(24)28-15(11)6-25-14/h3-6,16H,1-2,7-9H2,(H2,24,28)/t16-/m1/s1. The van der Waals surface area contributed by atoms with Gasteiger partial charge in [0.05, 0.1) is 44.2 Å². The highest BCUT2D eigenvalue weighted by molar-refractivity contribution is 5.97. The largest absolute Gasteiger partial charge is 0.451 e. The molecule has 166 valence electrons. The number of nitrogens with two attached hydrogens (primary N) is 1. The van der Waals surface area contributed by atoms with Gasteiger partial charge in [-0.1, -0.05) is 0 Å². The number of amides is 1. The summed E-state index contributed by atoms with van der Waals surface area (Å²) in [5.74, 6) is -1.25. The fraction of sp³-hybridized carbons (Fsp3) is 0.350. The van der Waals surface area contributed by atoms with Crippen molar-refractivity contribution in [3.63, 3.8) is 0 Å². The van der Waals surface area contributed by atoms with E-state index in [1.807, 2.05) is 0 Å². The molecule has 12 heteroatoms. The lowest BCUT2D eigenvalue weighted by Crippen LogP contribution is -2.43. The molecule has 0 aromatic carbocycles. The molecule has 2 aliphatic rings. The Hall–Kier alpha value is -3.38. The van der Waals surface area contributed by atoms with E-state index >= 15 is 0 Å². The number of ether oxygens (including phenoxy) is 2. The van der Waals surface area contributed by atoms with Crippen LogP contribution in [0.2, 0.25) is 0 Å². The van der Waals surface area contributed by atoms with E-state index in [1.165, 1.54) is 11.1 Å². The van der Waals surface area contributed by atoms with Crippen LogP contribution in [0.5, 0.6) is 0 Å². The third kappa shape index (κ3) is 3.50. The second-order valence-electron chi connectivity index (χ2n) is 7.46. The van der Waals surface area contributed by atoms with Crippen LogP contribution in [0, 0.1) is 0 Å². The molecule has 0 bridgehead atoms. The Morgan fingerprint density at radius 3 is 2.59 bits per heavy atom. The van der Waals surface area contributed by atoms with E-state index in [0.29, 0.717) is 36.7 Å². The van der Waals surface area contributed by atoms with Crippen LogP contribution in [0.15, 0.2) is 24.7 Å². The Balaban J connectivity index is 1.48. The molecule has 0 unspecified atom stereocenters. The van der Waals surface area contributed by atoms with Crippen molar-refractivity contribution in [2.45, 2.75) is 25.4 Å². The molecule has 0 saturated carbocycles. The summed E-state index contributed by atoms with van der Waals surface area (Å²) in [5, 5.41) is 0.729. The number of rotatable bonds is 2. The molecule has 3 aromatic heterocycles. The van der Waals surface area contributed by atoms with E-state index in [-0.39, 0.29) is 24.8 Å². The van der Waals surface area contributed by atoms with Gasteiger partial charge in [0.15, 0.2) is 0 Å².